The van der Waals surface area contributed by atoms with E-state index in [1.54, 1.807) is 49.6 Å². The van der Waals surface area contributed by atoms with Crippen LogP contribution in [-0.2, 0) is 15.6 Å². The highest BCUT2D eigenvalue weighted by Gasteiger charge is 2.19. The second kappa shape index (κ2) is 7.63. The van der Waals surface area contributed by atoms with Crippen LogP contribution in [0.1, 0.15) is 15.4 Å². The lowest BCUT2D eigenvalue weighted by Gasteiger charge is -2.03. The molecule has 0 bridgehead atoms. The summed E-state index contributed by atoms with van der Waals surface area (Å²) in [5.41, 5.74) is 0.430. The maximum Gasteiger partial charge on any atom is 0.257 e. The number of aromatic nitrogens is 2. The molecule has 0 aliphatic carbocycles. The van der Waals surface area contributed by atoms with Crippen molar-refractivity contribution in [1.82, 2.24) is 10.2 Å². The first-order chi connectivity index (χ1) is 12.5. The third-order valence-electron chi connectivity index (χ3n) is 3.46. The van der Waals surface area contributed by atoms with Crippen LogP contribution in [-0.4, -0.2) is 31.6 Å². The Morgan fingerprint density at radius 2 is 1.77 bits per heavy atom. The molecule has 7 nitrogen and oxygen atoms in total. The lowest BCUT2D eigenvalue weighted by atomic mass is 10.2. The molecule has 3 aromatic rings. The van der Waals surface area contributed by atoms with Gasteiger partial charge in [-0.3, -0.25) is 10.1 Å². The highest BCUT2D eigenvalue weighted by atomic mass is 32.2. The number of benzene rings is 2. The minimum Gasteiger partial charge on any atom is -0.497 e. The van der Waals surface area contributed by atoms with Gasteiger partial charge in [-0.15, -0.1) is 10.2 Å². The quantitative estimate of drug-likeness (QED) is 0.696. The molecule has 0 atom stereocenters. The highest BCUT2D eigenvalue weighted by molar-refractivity contribution is 7.90. The summed E-state index contributed by atoms with van der Waals surface area (Å²) < 4.78 is 29.8. The minimum absolute atomic E-state index is 0.221. The largest absolute Gasteiger partial charge is 0.497 e. The number of carbonyl (C=O) groups is 1. The van der Waals surface area contributed by atoms with Crippen LogP contribution in [0.15, 0.2) is 59.5 Å². The van der Waals surface area contributed by atoms with Crippen molar-refractivity contribution in [1.29, 1.82) is 0 Å². The molecule has 0 saturated heterocycles. The van der Waals surface area contributed by atoms with Crippen molar-refractivity contribution in [2.75, 3.05) is 12.4 Å². The summed E-state index contributed by atoms with van der Waals surface area (Å²) in [6, 6.07) is 14.7. The lowest BCUT2D eigenvalue weighted by molar-refractivity contribution is 0.102. The van der Waals surface area contributed by atoms with E-state index >= 15 is 0 Å². The molecule has 0 saturated carbocycles. The Morgan fingerprint density at radius 3 is 2.42 bits per heavy atom. The molecule has 1 aromatic heterocycles. The Balaban J connectivity index is 1.68. The van der Waals surface area contributed by atoms with E-state index in [-0.39, 0.29) is 21.7 Å². The molecular formula is C17H15N3O4S2. The molecule has 0 radical (unpaired) electrons. The van der Waals surface area contributed by atoms with Crippen LogP contribution in [0.3, 0.4) is 0 Å². The highest BCUT2D eigenvalue weighted by Crippen LogP contribution is 2.22. The average molecular weight is 389 g/mol. The number of hydrogen-bond donors (Lipinski definition) is 1. The van der Waals surface area contributed by atoms with Gasteiger partial charge in [0.05, 0.1) is 12.0 Å². The fourth-order valence-electron chi connectivity index (χ4n) is 2.15. The Kier molecular flexibility index (Phi) is 5.29. The molecule has 0 fully saturated rings. The van der Waals surface area contributed by atoms with Crippen LogP contribution in [0.25, 0.3) is 0 Å². The van der Waals surface area contributed by atoms with E-state index < -0.39 is 9.84 Å². The number of amides is 1. The molecule has 0 spiro atoms. The zero-order valence-electron chi connectivity index (χ0n) is 13.7. The summed E-state index contributed by atoms with van der Waals surface area (Å²) in [4.78, 5) is 12.4. The number of ether oxygens (including phenoxy) is 1. The van der Waals surface area contributed by atoms with Crippen molar-refractivity contribution in [3.05, 3.63) is 65.2 Å². The van der Waals surface area contributed by atoms with Gasteiger partial charge in [-0.05, 0) is 36.4 Å². The van der Waals surface area contributed by atoms with E-state index in [0.717, 1.165) is 11.3 Å². The fourth-order valence-corrected chi connectivity index (χ4v) is 4.50. The monoisotopic (exact) mass is 389 g/mol. The Labute approximate surface area is 154 Å². The second-order valence-electron chi connectivity index (χ2n) is 5.26. The van der Waals surface area contributed by atoms with Crippen LogP contribution in [0.2, 0.25) is 0 Å². The van der Waals surface area contributed by atoms with Gasteiger partial charge in [0, 0.05) is 5.56 Å². The summed E-state index contributed by atoms with van der Waals surface area (Å²) >= 11 is 1.03. The Bertz CT molecular complexity index is 1000. The number of nitrogens with zero attached hydrogens (tertiary/aromatic N) is 2. The first-order valence-electron chi connectivity index (χ1n) is 7.53. The average Bonchev–Trinajstić information content (AvgIpc) is 3.08. The molecule has 0 aliphatic heterocycles. The van der Waals surface area contributed by atoms with Crippen LogP contribution >= 0.6 is 11.3 Å². The van der Waals surface area contributed by atoms with Crippen molar-refractivity contribution in [2.24, 2.45) is 0 Å². The van der Waals surface area contributed by atoms with Gasteiger partial charge in [0.15, 0.2) is 9.84 Å². The molecule has 1 amide bonds. The summed E-state index contributed by atoms with van der Waals surface area (Å²) in [6.45, 7) is 0. The predicted molar refractivity (Wildman–Crippen MR) is 98.2 cm³/mol. The van der Waals surface area contributed by atoms with Crippen molar-refractivity contribution >= 4 is 32.2 Å². The van der Waals surface area contributed by atoms with Crippen molar-refractivity contribution < 1.29 is 17.9 Å². The first kappa shape index (κ1) is 18.0. The zero-order valence-corrected chi connectivity index (χ0v) is 15.4. The van der Waals surface area contributed by atoms with Crippen molar-refractivity contribution in [3.63, 3.8) is 0 Å². The number of nitrogens with one attached hydrogen (secondary N) is 1. The fraction of sp³-hybridized carbons (Fsp3) is 0.118. The van der Waals surface area contributed by atoms with Gasteiger partial charge < -0.3 is 4.74 Å². The standard InChI is InChI=1S/C17H15N3O4S2/c1-24-13-9-7-12(8-10-13)16(21)18-17-20-19-15(25-17)11-26(22,23)14-5-3-2-4-6-14/h2-10H,11H2,1H3,(H,18,20,21). The number of carbonyl (C=O) groups excluding carboxylic acids is 1. The van der Waals surface area contributed by atoms with E-state index in [2.05, 4.69) is 15.5 Å². The topological polar surface area (TPSA) is 98.2 Å². The summed E-state index contributed by atoms with van der Waals surface area (Å²) in [7, 11) is -1.96. The normalized spacial score (nSPS) is 11.1. The van der Waals surface area contributed by atoms with Gasteiger partial charge in [0.1, 0.15) is 16.5 Å². The van der Waals surface area contributed by atoms with Gasteiger partial charge in [-0.25, -0.2) is 8.42 Å². The SMILES string of the molecule is COc1ccc(C(=O)Nc2nnc(CS(=O)(=O)c3ccccc3)s2)cc1. The smallest absolute Gasteiger partial charge is 0.257 e. The van der Waals surface area contributed by atoms with E-state index in [1.807, 2.05) is 0 Å². The van der Waals surface area contributed by atoms with Gasteiger partial charge >= 0.3 is 0 Å². The van der Waals surface area contributed by atoms with E-state index in [0.29, 0.717) is 16.3 Å². The molecular weight excluding hydrogens is 374 g/mol. The summed E-state index contributed by atoms with van der Waals surface area (Å²) in [5.74, 6) is 0.0136. The van der Waals surface area contributed by atoms with E-state index in [4.69, 9.17) is 4.74 Å². The van der Waals surface area contributed by atoms with Crippen molar-refractivity contribution in [3.8, 4) is 5.75 Å². The molecule has 2 aromatic carbocycles. The molecule has 1 N–H and O–H groups in total. The van der Waals surface area contributed by atoms with Crippen LogP contribution in [0.4, 0.5) is 5.13 Å². The summed E-state index contributed by atoms with van der Waals surface area (Å²) in [6.07, 6.45) is 0. The van der Waals surface area contributed by atoms with Gasteiger partial charge in [-0.1, -0.05) is 29.5 Å². The maximum absolute atomic E-state index is 12.4. The molecule has 1 heterocycles. The molecule has 26 heavy (non-hydrogen) atoms. The molecule has 0 unspecified atom stereocenters. The first-order valence-corrected chi connectivity index (χ1v) is 10.0. The Hall–Kier alpha value is -2.78. The lowest BCUT2D eigenvalue weighted by Crippen LogP contribution is -2.11. The summed E-state index contributed by atoms with van der Waals surface area (Å²) in [5, 5.41) is 10.9. The number of sulfone groups is 1. The number of hydrogen-bond acceptors (Lipinski definition) is 7. The molecule has 134 valence electrons. The molecule has 9 heteroatoms. The van der Waals surface area contributed by atoms with Gasteiger partial charge in [0.2, 0.25) is 5.13 Å². The number of anilines is 1. The third-order valence-corrected chi connectivity index (χ3v) is 6.12. The minimum atomic E-state index is -3.51. The van der Waals surface area contributed by atoms with Crippen LogP contribution in [0, 0.1) is 0 Å². The second-order valence-corrected chi connectivity index (χ2v) is 8.31. The van der Waals surface area contributed by atoms with Crippen LogP contribution < -0.4 is 10.1 Å². The predicted octanol–water partition coefficient (Wildman–Crippen LogP) is 2.77. The maximum atomic E-state index is 12.4. The zero-order chi connectivity index (χ0) is 18.6. The van der Waals surface area contributed by atoms with E-state index in [1.165, 1.54) is 12.1 Å². The Morgan fingerprint density at radius 1 is 1.08 bits per heavy atom. The van der Waals surface area contributed by atoms with Gasteiger partial charge in [0.25, 0.3) is 5.91 Å². The molecule has 3 rings (SSSR count). The van der Waals surface area contributed by atoms with Crippen LogP contribution in [0.5, 0.6) is 5.75 Å². The molecule has 0 aliphatic rings. The van der Waals surface area contributed by atoms with Crippen molar-refractivity contribution in [2.45, 2.75) is 10.6 Å². The number of methoxy groups -OCH3 is 1. The van der Waals surface area contributed by atoms with E-state index in [9.17, 15) is 13.2 Å². The number of rotatable bonds is 6. The third kappa shape index (κ3) is 4.24. The van der Waals surface area contributed by atoms with Gasteiger partial charge in [-0.2, -0.15) is 0 Å².